The van der Waals surface area contributed by atoms with E-state index in [1.165, 1.54) is 6.20 Å². The number of anilines is 1. The van der Waals surface area contributed by atoms with Gasteiger partial charge in [-0.3, -0.25) is 0 Å². The predicted molar refractivity (Wildman–Crippen MR) is 123 cm³/mol. The number of urea groups is 1. The van der Waals surface area contributed by atoms with Gasteiger partial charge in [0.25, 0.3) is 0 Å². The Morgan fingerprint density at radius 1 is 1.14 bits per heavy atom. The molecule has 3 aromatic rings. The first-order chi connectivity index (χ1) is 17.3. The molecule has 1 aliphatic heterocycles. The van der Waals surface area contributed by atoms with Crippen LogP contribution in [0.2, 0.25) is 0 Å². The van der Waals surface area contributed by atoms with Crippen molar-refractivity contribution in [2.75, 3.05) is 31.6 Å². The number of amides is 2. The molecule has 1 saturated carbocycles. The Hall–Kier alpha value is -3.48. The van der Waals surface area contributed by atoms with Crippen molar-refractivity contribution in [1.82, 2.24) is 30.2 Å². The number of fused-ring (bicyclic) bond motifs is 1. The molecule has 2 aliphatic rings. The molecule has 0 aromatic carbocycles. The van der Waals surface area contributed by atoms with Crippen LogP contribution in [0.5, 0.6) is 0 Å². The van der Waals surface area contributed by atoms with Gasteiger partial charge >= 0.3 is 12.2 Å². The Morgan fingerprint density at radius 3 is 2.69 bits per heavy atom. The van der Waals surface area contributed by atoms with E-state index in [1.807, 2.05) is 0 Å². The zero-order chi connectivity index (χ0) is 25.3. The highest BCUT2D eigenvalue weighted by Gasteiger charge is 2.32. The van der Waals surface area contributed by atoms with Gasteiger partial charge in [-0.05, 0) is 31.7 Å². The third kappa shape index (κ3) is 5.20. The smallest absolute Gasteiger partial charge is 0.378 e. The topological polar surface area (TPSA) is 108 Å². The molecule has 4 heterocycles. The second kappa shape index (κ2) is 9.88. The average Bonchev–Trinajstić information content (AvgIpc) is 3.29. The number of hydrogen-bond donors (Lipinski definition) is 3. The molecule has 36 heavy (non-hydrogen) atoms. The molecule has 3 N–H and O–H groups in total. The summed E-state index contributed by atoms with van der Waals surface area (Å²) in [6.07, 6.45) is 1.63. The SMILES string of the molecule is O=C(N[C@@H]1CCC[C@H](Nc2nc(-c3c[nH]c4ncc(C(F)(F)F)cc34)ncc2F)C1)N1CCOCC1. The van der Waals surface area contributed by atoms with Gasteiger partial charge in [0.2, 0.25) is 0 Å². The number of rotatable bonds is 4. The first-order valence-electron chi connectivity index (χ1n) is 11.7. The van der Waals surface area contributed by atoms with Gasteiger partial charge in [0.15, 0.2) is 17.5 Å². The number of ether oxygens (including phenoxy) is 1. The van der Waals surface area contributed by atoms with E-state index in [9.17, 15) is 22.4 Å². The van der Waals surface area contributed by atoms with E-state index in [0.29, 0.717) is 32.7 Å². The maximum absolute atomic E-state index is 14.6. The predicted octanol–water partition coefficient (Wildman–Crippen LogP) is 3.94. The van der Waals surface area contributed by atoms with Gasteiger partial charge in [-0.1, -0.05) is 0 Å². The third-order valence-electron chi connectivity index (χ3n) is 6.48. The van der Waals surface area contributed by atoms with Gasteiger partial charge in [0.1, 0.15) is 5.65 Å². The highest BCUT2D eigenvalue weighted by Crippen LogP contribution is 2.34. The average molecular weight is 507 g/mol. The number of carbonyl (C=O) groups excluding carboxylic acids is 1. The number of halogens is 4. The first-order valence-corrected chi connectivity index (χ1v) is 11.7. The molecule has 0 spiro atoms. The van der Waals surface area contributed by atoms with E-state index in [0.717, 1.165) is 37.7 Å². The number of pyridine rings is 1. The standard InChI is InChI=1S/C23H25F4N7O2/c24-18-12-30-20(17-11-29-19-16(17)8-13(10-28-19)23(25,26)27)33-21(18)31-14-2-1-3-15(9-14)32-22(35)34-4-6-36-7-5-34/h8,10-12,14-15H,1-7,9H2,(H,28,29)(H,32,35)(H,30,31,33)/t14-,15+/m0/s1. The van der Waals surface area contributed by atoms with E-state index in [1.54, 1.807) is 4.90 Å². The summed E-state index contributed by atoms with van der Waals surface area (Å²) in [4.78, 5) is 29.2. The van der Waals surface area contributed by atoms with E-state index in [-0.39, 0.29) is 46.4 Å². The summed E-state index contributed by atoms with van der Waals surface area (Å²) < 4.78 is 59.4. The van der Waals surface area contributed by atoms with E-state index in [2.05, 4.69) is 30.6 Å². The van der Waals surface area contributed by atoms with Crippen molar-refractivity contribution in [3.63, 3.8) is 0 Å². The summed E-state index contributed by atoms with van der Waals surface area (Å²) in [7, 11) is 0. The maximum atomic E-state index is 14.6. The van der Waals surface area contributed by atoms with Crippen LogP contribution >= 0.6 is 0 Å². The van der Waals surface area contributed by atoms with Crippen LogP contribution in [-0.2, 0) is 10.9 Å². The third-order valence-corrected chi connectivity index (χ3v) is 6.48. The molecule has 0 radical (unpaired) electrons. The second-order valence-corrected chi connectivity index (χ2v) is 8.96. The fraction of sp³-hybridized carbons (Fsp3) is 0.478. The summed E-state index contributed by atoms with van der Waals surface area (Å²) in [5, 5.41) is 6.34. The van der Waals surface area contributed by atoms with Crippen molar-refractivity contribution < 1.29 is 27.1 Å². The fourth-order valence-electron chi connectivity index (χ4n) is 4.62. The van der Waals surface area contributed by atoms with Gasteiger partial charge in [0, 0.05) is 48.5 Å². The zero-order valence-electron chi connectivity index (χ0n) is 19.2. The minimum absolute atomic E-state index is 0.0422. The lowest BCUT2D eigenvalue weighted by Gasteiger charge is -2.33. The molecule has 9 nitrogen and oxygen atoms in total. The van der Waals surface area contributed by atoms with Crippen molar-refractivity contribution >= 4 is 22.9 Å². The molecule has 2 atom stereocenters. The van der Waals surface area contributed by atoms with Gasteiger partial charge in [-0.25, -0.2) is 24.1 Å². The minimum atomic E-state index is -4.55. The summed E-state index contributed by atoms with van der Waals surface area (Å²) in [6.45, 7) is 2.12. The van der Waals surface area contributed by atoms with Crippen LogP contribution in [0.1, 0.15) is 31.2 Å². The summed E-state index contributed by atoms with van der Waals surface area (Å²) in [5.74, 6) is -0.647. The zero-order valence-corrected chi connectivity index (χ0v) is 19.2. The first kappa shape index (κ1) is 24.2. The number of H-pyrrole nitrogens is 1. The summed E-state index contributed by atoms with van der Waals surface area (Å²) in [6, 6.07) is 0.617. The molecular weight excluding hydrogens is 482 g/mol. The van der Waals surface area contributed by atoms with Crippen LogP contribution in [0.15, 0.2) is 24.7 Å². The van der Waals surface area contributed by atoms with Crippen LogP contribution in [0.25, 0.3) is 22.4 Å². The van der Waals surface area contributed by atoms with Gasteiger partial charge in [0.05, 0.1) is 25.0 Å². The lowest BCUT2D eigenvalue weighted by atomic mass is 9.91. The lowest BCUT2D eigenvalue weighted by Crippen LogP contribution is -2.51. The Bertz CT molecular complexity index is 1240. The van der Waals surface area contributed by atoms with Crippen molar-refractivity contribution in [3.8, 4) is 11.4 Å². The molecule has 3 aromatic heterocycles. The molecule has 192 valence electrons. The molecule has 2 amide bonds. The Balaban J connectivity index is 1.31. The van der Waals surface area contributed by atoms with Crippen molar-refractivity contribution in [1.29, 1.82) is 0 Å². The molecule has 13 heteroatoms. The molecule has 0 bridgehead atoms. The van der Waals surface area contributed by atoms with Crippen molar-refractivity contribution in [2.45, 2.75) is 43.9 Å². The number of hydrogen-bond acceptors (Lipinski definition) is 6. The van der Waals surface area contributed by atoms with Crippen molar-refractivity contribution in [3.05, 3.63) is 36.0 Å². The molecular formula is C23H25F4N7O2. The van der Waals surface area contributed by atoms with Gasteiger partial charge in [-0.15, -0.1) is 0 Å². The maximum Gasteiger partial charge on any atom is 0.417 e. The number of carbonyl (C=O) groups is 1. The normalized spacial score (nSPS) is 20.9. The van der Waals surface area contributed by atoms with Crippen LogP contribution in [0.4, 0.5) is 28.2 Å². The summed E-state index contributed by atoms with van der Waals surface area (Å²) >= 11 is 0. The lowest BCUT2D eigenvalue weighted by molar-refractivity contribution is -0.137. The van der Waals surface area contributed by atoms with Crippen LogP contribution in [0, 0.1) is 5.82 Å². The Morgan fingerprint density at radius 2 is 1.92 bits per heavy atom. The van der Waals surface area contributed by atoms with Crippen LogP contribution in [0.3, 0.4) is 0 Å². The number of aromatic amines is 1. The number of nitrogens with one attached hydrogen (secondary N) is 3. The van der Waals surface area contributed by atoms with E-state index >= 15 is 0 Å². The fourth-order valence-corrected chi connectivity index (χ4v) is 4.62. The Labute approximate surface area is 203 Å². The van der Waals surface area contributed by atoms with Gasteiger partial charge < -0.3 is 25.3 Å². The highest BCUT2D eigenvalue weighted by atomic mass is 19.4. The summed E-state index contributed by atoms with van der Waals surface area (Å²) in [5.41, 5.74) is -0.374. The van der Waals surface area contributed by atoms with Crippen LogP contribution in [-0.4, -0.2) is 69.3 Å². The quantitative estimate of drug-likeness (QED) is 0.462. The number of morpholine rings is 1. The van der Waals surface area contributed by atoms with E-state index < -0.39 is 17.6 Å². The van der Waals surface area contributed by atoms with Crippen molar-refractivity contribution in [2.24, 2.45) is 0 Å². The molecule has 1 aliphatic carbocycles. The molecule has 0 unspecified atom stereocenters. The molecule has 2 fully saturated rings. The van der Waals surface area contributed by atoms with Crippen LogP contribution < -0.4 is 10.6 Å². The molecule has 5 rings (SSSR count). The molecule has 1 saturated heterocycles. The number of alkyl halides is 3. The monoisotopic (exact) mass is 507 g/mol. The second-order valence-electron chi connectivity index (χ2n) is 8.96. The largest absolute Gasteiger partial charge is 0.417 e. The number of aromatic nitrogens is 4. The van der Waals surface area contributed by atoms with E-state index in [4.69, 9.17) is 4.74 Å². The Kier molecular flexibility index (Phi) is 6.65. The minimum Gasteiger partial charge on any atom is -0.378 e. The number of nitrogens with zero attached hydrogens (tertiary/aromatic N) is 4. The highest BCUT2D eigenvalue weighted by molar-refractivity contribution is 5.92. The van der Waals surface area contributed by atoms with Gasteiger partial charge in [-0.2, -0.15) is 13.2 Å².